The van der Waals surface area contributed by atoms with E-state index in [0.29, 0.717) is 18.0 Å². The van der Waals surface area contributed by atoms with Crippen LogP contribution >= 0.6 is 0 Å². The number of hydrogen-bond donors (Lipinski definition) is 1. The smallest absolute Gasteiger partial charge is 0.161 e. The van der Waals surface area contributed by atoms with Gasteiger partial charge in [0.05, 0.1) is 14.2 Å². The number of hydrogen-bond acceptors (Lipinski definition) is 3. The molecule has 0 fully saturated rings. The van der Waals surface area contributed by atoms with Crippen molar-refractivity contribution >= 4 is 0 Å². The van der Waals surface area contributed by atoms with Gasteiger partial charge in [0.15, 0.2) is 11.5 Å². The Labute approximate surface area is 124 Å². The van der Waals surface area contributed by atoms with Gasteiger partial charge in [0.1, 0.15) is 5.82 Å². The molecule has 0 radical (unpaired) electrons. The summed E-state index contributed by atoms with van der Waals surface area (Å²) in [5, 5.41) is 3.29. The molecule has 0 unspecified atom stereocenters. The van der Waals surface area contributed by atoms with Crippen molar-refractivity contribution in [3.63, 3.8) is 0 Å². The van der Waals surface area contributed by atoms with Crippen molar-refractivity contribution in [1.29, 1.82) is 0 Å². The Hall–Kier alpha value is -2.07. The number of ether oxygens (including phenoxy) is 2. The predicted octanol–water partition coefficient (Wildman–Crippen LogP) is 3.62. The molecule has 0 atom stereocenters. The second-order valence-corrected chi connectivity index (χ2v) is 4.66. The van der Waals surface area contributed by atoms with E-state index in [-0.39, 0.29) is 5.82 Å². The molecule has 0 aromatic heterocycles. The quantitative estimate of drug-likeness (QED) is 0.881. The second-order valence-electron chi connectivity index (χ2n) is 4.66. The minimum Gasteiger partial charge on any atom is -0.493 e. The van der Waals surface area contributed by atoms with Crippen molar-refractivity contribution in [2.24, 2.45) is 0 Å². The van der Waals surface area contributed by atoms with E-state index in [1.54, 1.807) is 20.3 Å². The maximum atomic E-state index is 13.5. The molecule has 0 bridgehead atoms. The molecule has 0 aliphatic heterocycles. The van der Waals surface area contributed by atoms with Crippen molar-refractivity contribution < 1.29 is 13.9 Å². The van der Waals surface area contributed by atoms with Gasteiger partial charge in [0.25, 0.3) is 0 Å². The van der Waals surface area contributed by atoms with Gasteiger partial charge >= 0.3 is 0 Å². The van der Waals surface area contributed by atoms with Crippen LogP contribution in [0.5, 0.6) is 11.5 Å². The molecule has 4 heteroatoms. The average molecular weight is 289 g/mol. The minimum atomic E-state index is -0.253. The molecule has 0 aliphatic carbocycles. The molecule has 0 spiro atoms. The predicted molar refractivity (Wildman–Crippen MR) is 82.3 cm³/mol. The van der Waals surface area contributed by atoms with Crippen LogP contribution in [0.1, 0.15) is 12.5 Å². The number of benzene rings is 2. The molecule has 2 aromatic carbocycles. The summed E-state index contributed by atoms with van der Waals surface area (Å²) in [4.78, 5) is 0. The van der Waals surface area contributed by atoms with Gasteiger partial charge in [-0.3, -0.25) is 0 Å². The fourth-order valence-electron chi connectivity index (χ4n) is 2.25. The third-order valence-electron chi connectivity index (χ3n) is 3.31. The molecule has 21 heavy (non-hydrogen) atoms. The van der Waals surface area contributed by atoms with Gasteiger partial charge in [0.2, 0.25) is 0 Å². The topological polar surface area (TPSA) is 30.5 Å². The van der Waals surface area contributed by atoms with Crippen LogP contribution in [-0.4, -0.2) is 20.8 Å². The van der Waals surface area contributed by atoms with Crippen LogP contribution in [-0.2, 0) is 6.54 Å². The van der Waals surface area contributed by atoms with E-state index < -0.39 is 0 Å². The van der Waals surface area contributed by atoms with Crippen molar-refractivity contribution in [3.8, 4) is 22.6 Å². The third kappa shape index (κ3) is 3.52. The Morgan fingerprint density at radius 1 is 1.05 bits per heavy atom. The summed E-state index contributed by atoms with van der Waals surface area (Å²) in [5.41, 5.74) is 2.80. The third-order valence-corrected chi connectivity index (χ3v) is 3.31. The van der Waals surface area contributed by atoms with E-state index in [1.165, 1.54) is 12.1 Å². The summed E-state index contributed by atoms with van der Waals surface area (Å²) >= 11 is 0. The zero-order valence-electron chi connectivity index (χ0n) is 12.6. The first-order valence-electron chi connectivity index (χ1n) is 6.91. The lowest BCUT2D eigenvalue weighted by atomic mass is 9.98. The van der Waals surface area contributed by atoms with Gasteiger partial charge < -0.3 is 14.8 Å². The highest BCUT2D eigenvalue weighted by molar-refractivity contribution is 5.71. The van der Waals surface area contributed by atoms with Crippen molar-refractivity contribution in [1.82, 2.24) is 5.32 Å². The van der Waals surface area contributed by atoms with E-state index in [1.807, 2.05) is 25.1 Å². The molecule has 0 amide bonds. The Balaban J connectivity index is 2.55. The maximum Gasteiger partial charge on any atom is 0.161 e. The molecule has 0 saturated heterocycles. The van der Waals surface area contributed by atoms with Gasteiger partial charge in [-0.25, -0.2) is 4.39 Å². The Bertz CT molecular complexity index is 614. The molecule has 0 aliphatic rings. The van der Waals surface area contributed by atoms with Gasteiger partial charge in [-0.05, 0) is 47.5 Å². The van der Waals surface area contributed by atoms with Gasteiger partial charge in [0, 0.05) is 6.54 Å². The van der Waals surface area contributed by atoms with Crippen LogP contribution in [0.4, 0.5) is 4.39 Å². The number of nitrogens with one attached hydrogen (secondary N) is 1. The normalized spacial score (nSPS) is 10.5. The summed E-state index contributed by atoms with van der Waals surface area (Å²) in [6, 6.07) is 10.4. The summed E-state index contributed by atoms with van der Waals surface area (Å²) in [6.07, 6.45) is 0. The van der Waals surface area contributed by atoms with Crippen molar-refractivity contribution in [2.45, 2.75) is 13.5 Å². The highest BCUT2D eigenvalue weighted by Gasteiger charge is 2.13. The monoisotopic (exact) mass is 289 g/mol. The van der Waals surface area contributed by atoms with Crippen molar-refractivity contribution in [2.75, 3.05) is 20.8 Å². The van der Waals surface area contributed by atoms with E-state index in [0.717, 1.165) is 23.2 Å². The van der Waals surface area contributed by atoms with Crippen LogP contribution < -0.4 is 14.8 Å². The maximum absolute atomic E-state index is 13.5. The first kappa shape index (κ1) is 15.3. The summed E-state index contributed by atoms with van der Waals surface area (Å²) in [5.74, 6) is 1.05. The molecule has 0 saturated carbocycles. The first-order chi connectivity index (χ1) is 10.2. The second kappa shape index (κ2) is 7.09. The Morgan fingerprint density at radius 2 is 1.76 bits per heavy atom. The molecule has 2 rings (SSSR count). The molecular formula is C17H20FNO2. The number of rotatable bonds is 6. The lowest BCUT2D eigenvalue weighted by Crippen LogP contribution is -2.13. The lowest BCUT2D eigenvalue weighted by molar-refractivity contribution is 0.354. The minimum absolute atomic E-state index is 0.253. The van der Waals surface area contributed by atoms with E-state index in [9.17, 15) is 4.39 Å². The first-order valence-corrected chi connectivity index (χ1v) is 6.91. The summed E-state index contributed by atoms with van der Waals surface area (Å²) in [7, 11) is 3.20. The highest BCUT2D eigenvalue weighted by atomic mass is 19.1. The highest BCUT2D eigenvalue weighted by Crippen LogP contribution is 2.35. The number of halogens is 1. The Kier molecular flexibility index (Phi) is 5.17. The van der Waals surface area contributed by atoms with E-state index in [2.05, 4.69) is 5.32 Å². The van der Waals surface area contributed by atoms with Crippen LogP contribution in [0.2, 0.25) is 0 Å². The largest absolute Gasteiger partial charge is 0.493 e. The molecule has 1 N–H and O–H groups in total. The zero-order valence-corrected chi connectivity index (χ0v) is 12.6. The standard InChI is InChI=1S/C17H20FNO2/c1-4-19-11-13-9-16(20-2)17(21-3)10-15(13)12-6-5-7-14(18)8-12/h5-10,19H,4,11H2,1-3H3. The van der Waals surface area contributed by atoms with Crippen molar-refractivity contribution in [3.05, 3.63) is 47.8 Å². The van der Waals surface area contributed by atoms with Gasteiger partial charge in [-0.15, -0.1) is 0 Å². The summed E-state index contributed by atoms with van der Waals surface area (Å²) in [6.45, 7) is 3.59. The van der Waals surface area contributed by atoms with Gasteiger partial charge in [-0.1, -0.05) is 19.1 Å². The Morgan fingerprint density at radius 3 is 2.38 bits per heavy atom. The average Bonchev–Trinajstić information content (AvgIpc) is 2.52. The van der Waals surface area contributed by atoms with Crippen LogP contribution in [0.3, 0.4) is 0 Å². The molecule has 112 valence electrons. The van der Waals surface area contributed by atoms with E-state index in [4.69, 9.17) is 9.47 Å². The fraction of sp³-hybridized carbons (Fsp3) is 0.294. The molecule has 2 aromatic rings. The SMILES string of the molecule is CCNCc1cc(OC)c(OC)cc1-c1cccc(F)c1. The van der Waals surface area contributed by atoms with E-state index >= 15 is 0 Å². The zero-order chi connectivity index (χ0) is 15.2. The van der Waals surface area contributed by atoms with Crippen LogP contribution in [0.25, 0.3) is 11.1 Å². The summed E-state index contributed by atoms with van der Waals surface area (Å²) < 4.78 is 24.2. The fourth-order valence-corrected chi connectivity index (χ4v) is 2.25. The van der Waals surface area contributed by atoms with Crippen LogP contribution in [0.15, 0.2) is 36.4 Å². The van der Waals surface area contributed by atoms with Gasteiger partial charge in [-0.2, -0.15) is 0 Å². The molecular weight excluding hydrogens is 269 g/mol. The number of methoxy groups -OCH3 is 2. The van der Waals surface area contributed by atoms with Crippen LogP contribution in [0, 0.1) is 5.82 Å². The molecule has 3 nitrogen and oxygen atoms in total. The lowest BCUT2D eigenvalue weighted by Gasteiger charge is -2.15. The molecule has 0 heterocycles.